The van der Waals surface area contributed by atoms with Gasteiger partial charge in [0, 0.05) is 6.20 Å². The van der Waals surface area contributed by atoms with Crippen LogP contribution in [0.25, 0.3) is 0 Å². The van der Waals surface area contributed by atoms with Gasteiger partial charge in [0.2, 0.25) is 0 Å². The Morgan fingerprint density at radius 3 is 2.88 bits per heavy atom. The van der Waals surface area contributed by atoms with Crippen LogP contribution in [0.2, 0.25) is 5.02 Å². The maximum atomic E-state index is 6.23. The second-order valence-electron chi connectivity index (χ2n) is 4.45. The molecule has 2 nitrogen and oxygen atoms in total. The lowest BCUT2D eigenvalue weighted by molar-refractivity contribution is 0.367. The van der Waals surface area contributed by atoms with Gasteiger partial charge in [0.1, 0.15) is 0 Å². The predicted octanol–water partition coefficient (Wildman–Crippen LogP) is 3.58. The minimum Gasteiger partial charge on any atom is -0.309 e. The Hall–Kier alpha value is -0.600. The van der Waals surface area contributed by atoms with E-state index in [1.54, 1.807) is 0 Å². The SMILES string of the molecule is CCNC(c1ncccc1Cl)C1CCCC1. The molecule has 1 unspecified atom stereocenters. The van der Waals surface area contributed by atoms with E-state index in [0.29, 0.717) is 12.0 Å². The smallest absolute Gasteiger partial charge is 0.0761 e. The number of pyridine rings is 1. The topological polar surface area (TPSA) is 24.9 Å². The molecule has 0 radical (unpaired) electrons. The molecule has 1 atom stereocenters. The fraction of sp³-hybridized carbons (Fsp3) is 0.615. The van der Waals surface area contributed by atoms with Crippen molar-refractivity contribution in [3.8, 4) is 0 Å². The van der Waals surface area contributed by atoms with Gasteiger partial charge in [0.25, 0.3) is 0 Å². The third kappa shape index (κ3) is 2.55. The molecule has 2 rings (SSSR count). The Morgan fingerprint density at radius 2 is 2.25 bits per heavy atom. The zero-order valence-corrected chi connectivity index (χ0v) is 10.5. The molecule has 1 aliphatic carbocycles. The molecule has 1 saturated carbocycles. The van der Waals surface area contributed by atoms with Crippen LogP contribution < -0.4 is 5.32 Å². The molecular weight excluding hydrogens is 220 g/mol. The van der Waals surface area contributed by atoms with Crippen molar-refractivity contribution in [3.05, 3.63) is 29.0 Å². The van der Waals surface area contributed by atoms with Crippen molar-refractivity contribution in [2.24, 2.45) is 5.92 Å². The van der Waals surface area contributed by atoms with Crippen molar-refractivity contribution in [3.63, 3.8) is 0 Å². The monoisotopic (exact) mass is 238 g/mol. The summed E-state index contributed by atoms with van der Waals surface area (Å²) in [6, 6.07) is 4.16. The number of aromatic nitrogens is 1. The highest BCUT2D eigenvalue weighted by molar-refractivity contribution is 6.31. The largest absolute Gasteiger partial charge is 0.309 e. The van der Waals surface area contributed by atoms with Crippen molar-refractivity contribution in [1.29, 1.82) is 0 Å². The fourth-order valence-corrected chi connectivity index (χ4v) is 2.86. The highest BCUT2D eigenvalue weighted by atomic mass is 35.5. The molecule has 0 saturated heterocycles. The summed E-state index contributed by atoms with van der Waals surface area (Å²) in [5.41, 5.74) is 1.03. The van der Waals surface area contributed by atoms with Crippen molar-refractivity contribution in [2.45, 2.75) is 38.6 Å². The first-order valence-electron chi connectivity index (χ1n) is 6.16. The average molecular weight is 239 g/mol. The van der Waals surface area contributed by atoms with Gasteiger partial charge in [-0.05, 0) is 37.4 Å². The quantitative estimate of drug-likeness (QED) is 0.868. The highest BCUT2D eigenvalue weighted by Gasteiger charge is 2.27. The molecule has 16 heavy (non-hydrogen) atoms. The molecular formula is C13H19ClN2. The van der Waals surface area contributed by atoms with Crippen LogP contribution in [0.1, 0.15) is 44.3 Å². The molecule has 0 aromatic carbocycles. The molecule has 1 aromatic heterocycles. The summed E-state index contributed by atoms with van der Waals surface area (Å²) in [4.78, 5) is 4.45. The minimum absolute atomic E-state index is 0.334. The van der Waals surface area contributed by atoms with E-state index in [1.165, 1.54) is 25.7 Å². The number of nitrogens with one attached hydrogen (secondary N) is 1. The van der Waals surface area contributed by atoms with Gasteiger partial charge < -0.3 is 5.32 Å². The lowest BCUT2D eigenvalue weighted by Gasteiger charge is -2.24. The van der Waals surface area contributed by atoms with Crippen LogP contribution in [0.3, 0.4) is 0 Å². The predicted molar refractivity (Wildman–Crippen MR) is 67.6 cm³/mol. The second-order valence-corrected chi connectivity index (χ2v) is 4.86. The Morgan fingerprint density at radius 1 is 1.50 bits per heavy atom. The van der Waals surface area contributed by atoms with E-state index < -0.39 is 0 Å². The van der Waals surface area contributed by atoms with E-state index in [4.69, 9.17) is 11.6 Å². The van der Waals surface area contributed by atoms with E-state index in [2.05, 4.69) is 17.2 Å². The van der Waals surface area contributed by atoms with Crippen LogP contribution in [0.4, 0.5) is 0 Å². The van der Waals surface area contributed by atoms with E-state index in [0.717, 1.165) is 17.3 Å². The zero-order valence-electron chi connectivity index (χ0n) is 9.75. The van der Waals surface area contributed by atoms with Crippen LogP contribution >= 0.6 is 11.6 Å². The summed E-state index contributed by atoms with van der Waals surface area (Å²) < 4.78 is 0. The van der Waals surface area contributed by atoms with Gasteiger partial charge in [-0.2, -0.15) is 0 Å². The fourth-order valence-electron chi connectivity index (χ4n) is 2.62. The standard InChI is InChI=1S/C13H19ClN2/c1-2-15-12(10-6-3-4-7-10)13-11(14)8-5-9-16-13/h5,8-10,12,15H,2-4,6-7H2,1H3. The number of hydrogen-bond acceptors (Lipinski definition) is 2. The first-order valence-corrected chi connectivity index (χ1v) is 6.54. The van der Waals surface area contributed by atoms with Crippen molar-refractivity contribution >= 4 is 11.6 Å². The molecule has 1 N–H and O–H groups in total. The molecule has 0 bridgehead atoms. The first-order chi connectivity index (χ1) is 7.83. The normalized spacial score (nSPS) is 18.9. The molecule has 1 aromatic rings. The van der Waals surface area contributed by atoms with Crippen molar-refractivity contribution < 1.29 is 0 Å². The Balaban J connectivity index is 2.21. The molecule has 0 spiro atoms. The number of rotatable bonds is 4. The zero-order chi connectivity index (χ0) is 11.4. The minimum atomic E-state index is 0.334. The van der Waals surface area contributed by atoms with Crippen LogP contribution in [0.15, 0.2) is 18.3 Å². The van der Waals surface area contributed by atoms with Crippen LogP contribution in [0.5, 0.6) is 0 Å². The Kier molecular flexibility index (Phi) is 4.19. The van der Waals surface area contributed by atoms with E-state index in [-0.39, 0.29) is 0 Å². The van der Waals surface area contributed by atoms with Gasteiger partial charge in [-0.15, -0.1) is 0 Å². The van der Waals surface area contributed by atoms with E-state index in [9.17, 15) is 0 Å². The second kappa shape index (κ2) is 5.65. The third-order valence-electron chi connectivity index (χ3n) is 3.38. The summed E-state index contributed by atoms with van der Waals surface area (Å²) in [7, 11) is 0. The summed E-state index contributed by atoms with van der Waals surface area (Å²) in [5, 5.41) is 4.33. The van der Waals surface area contributed by atoms with Crippen molar-refractivity contribution in [2.75, 3.05) is 6.54 Å². The van der Waals surface area contributed by atoms with Gasteiger partial charge in [-0.3, -0.25) is 4.98 Å². The molecule has 0 aliphatic heterocycles. The summed E-state index contributed by atoms with van der Waals surface area (Å²) in [6.45, 7) is 3.10. The lowest BCUT2D eigenvalue weighted by atomic mass is 9.95. The van der Waals surface area contributed by atoms with Gasteiger partial charge in [-0.25, -0.2) is 0 Å². The Bertz CT molecular complexity index is 334. The van der Waals surface area contributed by atoms with Gasteiger partial charge in [0.15, 0.2) is 0 Å². The third-order valence-corrected chi connectivity index (χ3v) is 3.70. The highest BCUT2D eigenvalue weighted by Crippen LogP contribution is 2.36. The molecule has 1 heterocycles. The number of nitrogens with zero attached hydrogens (tertiary/aromatic N) is 1. The van der Waals surface area contributed by atoms with E-state index >= 15 is 0 Å². The van der Waals surface area contributed by atoms with Gasteiger partial charge >= 0.3 is 0 Å². The Labute approximate surface area is 102 Å². The molecule has 88 valence electrons. The maximum absolute atomic E-state index is 6.23. The molecule has 1 aliphatic rings. The van der Waals surface area contributed by atoms with Gasteiger partial charge in [-0.1, -0.05) is 31.4 Å². The summed E-state index contributed by atoms with van der Waals surface area (Å²) in [6.07, 6.45) is 7.11. The molecule has 0 amide bonds. The summed E-state index contributed by atoms with van der Waals surface area (Å²) in [5.74, 6) is 0.701. The average Bonchev–Trinajstić information content (AvgIpc) is 2.80. The van der Waals surface area contributed by atoms with E-state index in [1.807, 2.05) is 18.3 Å². The lowest BCUT2D eigenvalue weighted by Crippen LogP contribution is -2.28. The van der Waals surface area contributed by atoms with Crippen LogP contribution in [-0.2, 0) is 0 Å². The van der Waals surface area contributed by atoms with Gasteiger partial charge in [0.05, 0.1) is 16.8 Å². The number of halogens is 1. The summed E-state index contributed by atoms with van der Waals surface area (Å²) >= 11 is 6.23. The first kappa shape index (κ1) is 11.9. The number of hydrogen-bond donors (Lipinski definition) is 1. The molecule has 1 fully saturated rings. The van der Waals surface area contributed by atoms with Crippen molar-refractivity contribution in [1.82, 2.24) is 10.3 Å². The maximum Gasteiger partial charge on any atom is 0.0761 e. The van der Waals surface area contributed by atoms with Crippen LogP contribution in [0, 0.1) is 5.92 Å². The molecule has 3 heteroatoms. The van der Waals surface area contributed by atoms with Crippen LogP contribution in [-0.4, -0.2) is 11.5 Å².